The number of rotatable bonds is 2. The van der Waals surface area contributed by atoms with E-state index in [1.54, 1.807) is 33.8 Å². The summed E-state index contributed by atoms with van der Waals surface area (Å²) in [6, 6.07) is 3.65. The number of amides is 2. The number of carbonyl (C=O) groups is 3. The van der Waals surface area contributed by atoms with Gasteiger partial charge in [-0.1, -0.05) is 11.6 Å². The molecule has 0 spiro atoms. The maximum atomic E-state index is 12.8. The maximum absolute atomic E-state index is 12.8. The highest BCUT2D eigenvalue weighted by Crippen LogP contribution is 2.40. The summed E-state index contributed by atoms with van der Waals surface area (Å²) in [5.74, 6) is -1.21. The molecule has 0 radical (unpaired) electrons. The van der Waals surface area contributed by atoms with Crippen LogP contribution in [-0.4, -0.2) is 30.2 Å². The molecule has 0 aromatic heterocycles. The number of fused-ring (bicyclic) bond motifs is 1. The van der Waals surface area contributed by atoms with Crippen molar-refractivity contribution >= 4 is 29.2 Å². The van der Waals surface area contributed by atoms with Crippen molar-refractivity contribution in [1.29, 1.82) is 0 Å². The van der Waals surface area contributed by atoms with Crippen LogP contribution in [0.1, 0.15) is 44.4 Å². The van der Waals surface area contributed by atoms with E-state index in [0.717, 1.165) is 22.1 Å². The smallest absolute Gasteiger partial charge is 0.422 e. The van der Waals surface area contributed by atoms with Crippen LogP contribution in [-0.2, 0) is 19.1 Å². The Kier molecular flexibility index (Phi) is 5.02. The van der Waals surface area contributed by atoms with Crippen molar-refractivity contribution in [1.82, 2.24) is 0 Å². The first-order valence-electron chi connectivity index (χ1n) is 8.12. The van der Waals surface area contributed by atoms with Crippen LogP contribution in [0.25, 0.3) is 5.57 Å². The lowest BCUT2D eigenvalue weighted by Gasteiger charge is -2.24. The number of benzene rings is 1. The van der Waals surface area contributed by atoms with E-state index in [9.17, 15) is 14.4 Å². The zero-order valence-electron chi connectivity index (χ0n) is 15.4. The number of aryl methyl sites for hydroxylation is 2. The number of anilines is 1. The molecule has 25 heavy (non-hydrogen) atoms. The zero-order chi connectivity index (χ0) is 18.9. The van der Waals surface area contributed by atoms with E-state index in [0.29, 0.717) is 11.3 Å². The van der Waals surface area contributed by atoms with Gasteiger partial charge < -0.3 is 9.47 Å². The van der Waals surface area contributed by atoms with Crippen molar-refractivity contribution in [3.8, 4) is 0 Å². The Labute approximate surface area is 147 Å². The fraction of sp³-hybridized carbons (Fsp3) is 0.421. The zero-order valence-corrected chi connectivity index (χ0v) is 15.4. The SMILES string of the molecule is CCOC(=O)/C=C1\C(=O)N(C(=O)OC(C)(C)C)c2c(C)cc(C)cc21. The molecule has 2 amide bonds. The minimum atomic E-state index is -0.766. The molecule has 1 aromatic carbocycles. The summed E-state index contributed by atoms with van der Waals surface area (Å²) in [5, 5.41) is 0. The van der Waals surface area contributed by atoms with E-state index in [4.69, 9.17) is 9.47 Å². The van der Waals surface area contributed by atoms with Crippen LogP contribution in [0.15, 0.2) is 18.2 Å². The lowest BCUT2D eigenvalue weighted by atomic mass is 10.0. The van der Waals surface area contributed by atoms with Crippen molar-refractivity contribution in [2.24, 2.45) is 0 Å². The van der Waals surface area contributed by atoms with Gasteiger partial charge in [0, 0.05) is 11.6 Å². The molecule has 0 bridgehead atoms. The summed E-state index contributed by atoms with van der Waals surface area (Å²) in [6.45, 7) is 10.8. The molecule has 6 heteroatoms. The van der Waals surface area contributed by atoms with Gasteiger partial charge in [0.25, 0.3) is 5.91 Å². The predicted molar refractivity (Wildman–Crippen MR) is 94.2 cm³/mol. The fourth-order valence-corrected chi connectivity index (χ4v) is 2.72. The first kappa shape index (κ1) is 18.7. The number of ether oxygens (including phenoxy) is 2. The molecule has 1 heterocycles. The van der Waals surface area contributed by atoms with Gasteiger partial charge in [-0.15, -0.1) is 0 Å². The van der Waals surface area contributed by atoms with Gasteiger partial charge in [0.15, 0.2) is 0 Å². The quantitative estimate of drug-likeness (QED) is 0.605. The Morgan fingerprint density at radius 1 is 1.20 bits per heavy atom. The van der Waals surface area contributed by atoms with E-state index in [1.807, 2.05) is 19.9 Å². The lowest BCUT2D eigenvalue weighted by Crippen LogP contribution is -2.39. The van der Waals surface area contributed by atoms with Crippen molar-refractivity contribution < 1.29 is 23.9 Å². The molecule has 134 valence electrons. The molecule has 0 atom stereocenters. The molecule has 0 unspecified atom stereocenters. The summed E-state index contributed by atoms with van der Waals surface area (Å²) in [6.07, 6.45) is 0.367. The third-order valence-corrected chi connectivity index (χ3v) is 3.52. The second-order valence-electron chi connectivity index (χ2n) is 6.91. The maximum Gasteiger partial charge on any atom is 0.422 e. The molecule has 0 saturated heterocycles. The average Bonchev–Trinajstić information content (AvgIpc) is 2.71. The van der Waals surface area contributed by atoms with Crippen molar-refractivity contribution in [2.45, 2.75) is 47.1 Å². The number of hydrogen-bond donors (Lipinski definition) is 0. The van der Waals surface area contributed by atoms with Crippen LogP contribution >= 0.6 is 0 Å². The van der Waals surface area contributed by atoms with Gasteiger partial charge in [-0.2, -0.15) is 0 Å². The highest BCUT2D eigenvalue weighted by molar-refractivity contribution is 6.40. The summed E-state index contributed by atoms with van der Waals surface area (Å²) < 4.78 is 10.3. The van der Waals surface area contributed by atoms with E-state index < -0.39 is 23.6 Å². The first-order valence-corrected chi connectivity index (χ1v) is 8.12. The third-order valence-electron chi connectivity index (χ3n) is 3.52. The lowest BCUT2D eigenvalue weighted by molar-refractivity contribution is -0.137. The molecule has 0 N–H and O–H groups in total. The topological polar surface area (TPSA) is 72.9 Å². The molecule has 1 aliphatic rings. The van der Waals surface area contributed by atoms with E-state index in [-0.39, 0.29) is 12.2 Å². The Hall–Kier alpha value is -2.63. The van der Waals surface area contributed by atoms with Crippen LogP contribution in [0.4, 0.5) is 10.5 Å². The molecule has 0 saturated carbocycles. The average molecular weight is 345 g/mol. The highest BCUT2D eigenvalue weighted by Gasteiger charge is 2.40. The number of imide groups is 1. The summed E-state index contributed by atoms with van der Waals surface area (Å²) >= 11 is 0. The molecule has 6 nitrogen and oxygen atoms in total. The Morgan fingerprint density at radius 3 is 2.40 bits per heavy atom. The van der Waals surface area contributed by atoms with Gasteiger partial charge in [0.2, 0.25) is 0 Å². The first-order chi connectivity index (χ1) is 11.5. The Morgan fingerprint density at radius 2 is 1.84 bits per heavy atom. The number of carbonyl (C=O) groups excluding carboxylic acids is 3. The van der Waals surface area contributed by atoms with Crippen LogP contribution in [0.5, 0.6) is 0 Å². The van der Waals surface area contributed by atoms with Gasteiger partial charge >= 0.3 is 12.1 Å². The van der Waals surface area contributed by atoms with Crippen LogP contribution in [0, 0.1) is 13.8 Å². The molecular formula is C19H23NO5. The van der Waals surface area contributed by atoms with Gasteiger partial charge in [-0.05, 0) is 53.2 Å². The standard InChI is InChI=1S/C19H23NO5/c1-7-24-15(21)10-14-13-9-11(2)8-12(3)16(13)20(17(14)22)18(23)25-19(4,5)6/h8-10H,7H2,1-6H3/b14-10-. The van der Waals surface area contributed by atoms with E-state index >= 15 is 0 Å². The molecular weight excluding hydrogens is 322 g/mol. The minimum Gasteiger partial charge on any atom is -0.463 e. The van der Waals surface area contributed by atoms with Crippen LogP contribution < -0.4 is 4.90 Å². The molecule has 2 rings (SSSR count). The Balaban J connectivity index is 2.58. The monoisotopic (exact) mass is 345 g/mol. The number of hydrogen-bond acceptors (Lipinski definition) is 5. The van der Waals surface area contributed by atoms with Gasteiger partial charge in [0.05, 0.1) is 17.9 Å². The van der Waals surface area contributed by atoms with Crippen LogP contribution in [0.3, 0.4) is 0 Å². The van der Waals surface area contributed by atoms with E-state index in [2.05, 4.69) is 0 Å². The highest BCUT2D eigenvalue weighted by atomic mass is 16.6. The molecule has 1 aromatic rings. The van der Waals surface area contributed by atoms with E-state index in [1.165, 1.54) is 0 Å². The normalized spacial score (nSPS) is 15.4. The largest absolute Gasteiger partial charge is 0.463 e. The summed E-state index contributed by atoms with van der Waals surface area (Å²) in [7, 11) is 0. The van der Waals surface area contributed by atoms with Gasteiger partial charge in [-0.25, -0.2) is 14.5 Å². The van der Waals surface area contributed by atoms with Crippen molar-refractivity contribution in [3.05, 3.63) is 34.9 Å². The Bertz CT molecular complexity index is 771. The molecule has 1 aliphatic heterocycles. The molecule has 0 fully saturated rings. The second-order valence-corrected chi connectivity index (χ2v) is 6.91. The minimum absolute atomic E-state index is 0.131. The number of nitrogens with zero attached hydrogens (tertiary/aromatic N) is 1. The summed E-state index contributed by atoms with van der Waals surface area (Å²) in [4.78, 5) is 38.2. The molecule has 0 aliphatic carbocycles. The number of esters is 1. The van der Waals surface area contributed by atoms with Gasteiger partial charge in [-0.3, -0.25) is 4.79 Å². The summed E-state index contributed by atoms with van der Waals surface area (Å²) in [5.41, 5.74) is 2.03. The third kappa shape index (κ3) is 3.90. The van der Waals surface area contributed by atoms with Crippen molar-refractivity contribution in [3.63, 3.8) is 0 Å². The van der Waals surface area contributed by atoms with Crippen LogP contribution in [0.2, 0.25) is 0 Å². The predicted octanol–water partition coefficient (Wildman–Crippen LogP) is 3.53. The van der Waals surface area contributed by atoms with Gasteiger partial charge in [0.1, 0.15) is 5.60 Å². The fourth-order valence-electron chi connectivity index (χ4n) is 2.72. The van der Waals surface area contributed by atoms with Crippen molar-refractivity contribution in [2.75, 3.05) is 11.5 Å². The second kappa shape index (κ2) is 6.70.